The van der Waals surface area contributed by atoms with Gasteiger partial charge in [-0.15, -0.1) is 0 Å². The van der Waals surface area contributed by atoms with Gasteiger partial charge in [-0.1, -0.05) is 54.6 Å². The minimum atomic E-state index is -0.103. The van der Waals surface area contributed by atoms with Gasteiger partial charge in [0.2, 0.25) is 5.78 Å². The molecule has 0 saturated carbocycles. The molecule has 6 nitrogen and oxygen atoms in total. The first-order chi connectivity index (χ1) is 17.5. The number of carbonyl (C=O) groups excluding carboxylic acids is 1. The van der Waals surface area contributed by atoms with E-state index in [9.17, 15) is 4.79 Å². The number of likely N-dealkylation sites (N-methyl/N-ethyl adjacent to an activating group) is 1. The molecular formula is C30H32N4O2. The molecule has 0 bridgehead atoms. The molecule has 6 heteroatoms. The van der Waals surface area contributed by atoms with Gasteiger partial charge in [-0.2, -0.15) is 0 Å². The van der Waals surface area contributed by atoms with Crippen LogP contribution in [0.4, 0.5) is 0 Å². The minimum Gasteiger partial charge on any atom is -0.432 e. The van der Waals surface area contributed by atoms with Crippen LogP contribution in [0.1, 0.15) is 33.9 Å². The van der Waals surface area contributed by atoms with Crippen LogP contribution in [-0.2, 0) is 13.0 Å². The van der Waals surface area contributed by atoms with Gasteiger partial charge in [-0.3, -0.25) is 9.69 Å². The third-order valence-electron chi connectivity index (χ3n) is 6.77. The number of Topliss-reactive ketones (excluding diaryl/α,β-unsaturated/α-hetero) is 1. The van der Waals surface area contributed by atoms with Gasteiger partial charge >= 0.3 is 0 Å². The lowest BCUT2D eigenvalue weighted by Crippen LogP contribution is -2.43. The van der Waals surface area contributed by atoms with E-state index in [0.717, 1.165) is 44.0 Å². The molecule has 0 amide bonds. The first-order valence-electron chi connectivity index (χ1n) is 12.6. The Morgan fingerprint density at radius 2 is 1.56 bits per heavy atom. The van der Waals surface area contributed by atoms with Crippen molar-refractivity contribution in [2.24, 2.45) is 0 Å². The predicted molar refractivity (Wildman–Crippen MR) is 142 cm³/mol. The second-order valence-electron chi connectivity index (χ2n) is 9.59. The first kappa shape index (κ1) is 24.1. The number of nitrogens with zero attached hydrogens (tertiary/aromatic N) is 4. The van der Waals surface area contributed by atoms with Crippen LogP contribution >= 0.6 is 0 Å². The molecule has 184 valence electrons. The zero-order valence-corrected chi connectivity index (χ0v) is 21.0. The number of benzene rings is 2. The van der Waals surface area contributed by atoms with Crippen LogP contribution in [0.3, 0.4) is 0 Å². The van der Waals surface area contributed by atoms with E-state index in [-0.39, 0.29) is 11.7 Å². The fourth-order valence-electron chi connectivity index (χ4n) is 4.50. The van der Waals surface area contributed by atoms with E-state index in [1.807, 2.05) is 25.1 Å². The van der Waals surface area contributed by atoms with Crippen molar-refractivity contribution in [3.63, 3.8) is 0 Å². The van der Waals surface area contributed by atoms with E-state index < -0.39 is 0 Å². The summed E-state index contributed by atoms with van der Waals surface area (Å²) in [5.74, 6) is 0.552. The van der Waals surface area contributed by atoms with Crippen LogP contribution in [0.15, 0.2) is 77.3 Å². The number of rotatable bonds is 8. The summed E-state index contributed by atoms with van der Waals surface area (Å²) in [7, 11) is 2.19. The van der Waals surface area contributed by atoms with Gasteiger partial charge in [-0.05, 0) is 54.8 Å². The highest BCUT2D eigenvalue weighted by Gasteiger charge is 2.16. The lowest BCUT2D eigenvalue weighted by atomic mass is 10.0. The Labute approximate surface area is 212 Å². The van der Waals surface area contributed by atoms with Crippen LogP contribution in [0.5, 0.6) is 0 Å². The molecule has 3 heterocycles. The molecule has 2 aromatic heterocycles. The lowest BCUT2D eigenvalue weighted by Gasteiger charge is -2.32. The van der Waals surface area contributed by atoms with Gasteiger partial charge in [0.25, 0.3) is 5.89 Å². The molecule has 0 atom stereocenters. The summed E-state index contributed by atoms with van der Waals surface area (Å²) in [6.45, 7) is 7.46. The number of hydrogen-bond donors (Lipinski definition) is 0. The molecule has 1 fully saturated rings. The summed E-state index contributed by atoms with van der Waals surface area (Å²) in [5.41, 5.74) is 6.43. The van der Waals surface area contributed by atoms with Crippen molar-refractivity contribution in [2.75, 3.05) is 33.2 Å². The number of carbonyl (C=O) groups is 1. The van der Waals surface area contributed by atoms with E-state index in [4.69, 9.17) is 4.42 Å². The van der Waals surface area contributed by atoms with Gasteiger partial charge in [0, 0.05) is 44.8 Å². The summed E-state index contributed by atoms with van der Waals surface area (Å²) in [4.78, 5) is 26.1. The van der Waals surface area contributed by atoms with Crippen molar-refractivity contribution >= 4 is 5.78 Å². The van der Waals surface area contributed by atoms with Crippen molar-refractivity contribution in [1.82, 2.24) is 19.8 Å². The Balaban J connectivity index is 1.14. The molecule has 0 aliphatic carbocycles. The lowest BCUT2D eigenvalue weighted by molar-refractivity contribution is 0.0950. The second-order valence-corrected chi connectivity index (χ2v) is 9.59. The number of hydrogen-bond acceptors (Lipinski definition) is 6. The quantitative estimate of drug-likeness (QED) is 0.320. The topological polar surface area (TPSA) is 62.5 Å². The molecule has 0 radical (unpaired) electrons. The molecule has 1 aliphatic rings. The highest BCUT2D eigenvalue weighted by Crippen LogP contribution is 2.23. The van der Waals surface area contributed by atoms with E-state index >= 15 is 0 Å². The number of pyridine rings is 1. The van der Waals surface area contributed by atoms with Crippen LogP contribution in [-0.4, -0.2) is 58.8 Å². The molecule has 0 spiro atoms. The van der Waals surface area contributed by atoms with Gasteiger partial charge in [0.05, 0.1) is 6.20 Å². The highest BCUT2D eigenvalue weighted by atomic mass is 16.4. The monoisotopic (exact) mass is 480 g/mol. The zero-order valence-electron chi connectivity index (χ0n) is 21.0. The number of oxazole rings is 1. The largest absolute Gasteiger partial charge is 0.432 e. The molecule has 5 rings (SSSR count). The van der Waals surface area contributed by atoms with Gasteiger partial charge in [0.1, 0.15) is 5.69 Å². The zero-order chi connectivity index (χ0) is 24.9. The molecule has 0 N–H and O–H groups in total. The standard InChI is InChI=1S/C30H32N4O2/c1-22-4-3-5-27(32-22)29-20-31-30(36-29)28(35)15-10-23-6-11-25(12-7-23)26-13-8-24(9-14-26)21-34-18-16-33(2)17-19-34/h3-9,11-14,20H,10,15-19,21H2,1-2H3. The summed E-state index contributed by atoms with van der Waals surface area (Å²) >= 11 is 0. The fraction of sp³-hybridized carbons (Fsp3) is 0.300. The SMILES string of the molecule is Cc1cccc(-c2cnc(C(=O)CCc3ccc(-c4ccc(CN5CCN(C)CC5)cc4)cc3)o2)n1. The Kier molecular flexibility index (Phi) is 7.35. The molecule has 0 unspecified atom stereocenters. The van der Waals surface area contributed by atoms with Crippen molar-refractivity contribution < 1.29 is 9.21 Å². The third-order valence-corrected chi connectivity index (χ3v) is 6.77. The Morgan fingerprint density at radius 1 is 0.889 bits per heavy atom. The average Bonchev–Trinajstić information content (AvgIpc) is 3.40. The van der Waals surface area contributed by atoms with Gasteiger partial charge in [-0.25, -0.2) is 9.97 Å². The smallest absolute Gasteiger partial charge is 0.263 e. The predicted octanol–water partition coefficient (Wildman–Crippen LogP) is 5.27. The molecule has 36 heavy (non-hydrogen) atoms. The van der Waals surface area contributed by atoms with E-state index in [1.165, 1.54) is 16.7 Å². The van der Waals surface area contributed by atoms with Crippen LogP contribution in [0.25, 0.3) is 22.6 Å². The van der Waals surface area contributed by atoms with Gasteiger partial charge in [0.15, 0.2) is 5.76 Å². The second kappa shape index (κ2) is 11.0. The Hall–Kier alpha value is -3.61. The third kappa shape index (κ3) is 5.96. The number of piperazine rings is 1. The molecular weight excluding hydrogens is 448 g/mol. The number of ketones is 1. The maximum atomic E-state index is 12.6. The average molecular weight is 481 g/mol. The fourth-order valence-corrected chi connectivity index (χ4v) is 4.50. The summed E-state index contributed by atoms with van der Waals surface area (Å²) in [5, 5.41) is 0. The van der Waals surface area contributed by atoms with Crippen molar-refractivity contribution in [2.45, 2.75) is 26.3 Å². The first-order valence-corrected chi connectivity index (χ1v) is 12.6. The van der Waals surface area contributed by atoms with Crippen LogP contribution < -0.4 is 0 Å². The summed E-state index contributed by atoms with van der Waals surface area (Å²) in [6.07, 6.45) is 2.56. The van der Waals surface area contributed by atoms with Crippen molar-refractivity contribution in [3.8, 4) is 22.6 Å². The number of aryl methyl sites for hydroxylation is 2. The van der Waals surface area contributed by atoms with Crippen LogP contribution in [0, 0.1) is 6.92 Å². The normalized spacial score (nSPS) is 14.7. The van der Waals surface area contributed by atoms with Crippen LogP contribution in [0.2, 0.25) is 0 Å². The Morgan fingerprint density at radius 3 is 2.22 bits per heavy atom. The summed E-state index contributed by atoms with van der Waals surface area (Å²) in [6, 6.07) is 23.0. The molecule has 1 saturated heterocycles. The highest BCUT2D eigenvalue weighted by molar-refractivity contribution is 5.92. The van der Waals surface area contributed by atoms with Gasteiger partial charge < -0.3 is 9.32 Å². The van der Waals surface area contributed by atoms with Crippen molar-refractivity contribution in [3.05, 3.63) is 95.6 Å². The number of aromatic nitrogens is 2. The molecule has 4 aromatic rings. The van der Waals surface area contributed by atoms with E-state index in [1.54, 1.807) is 6.20 Å². The van der Waals surface area contributed by atoms with E-state index in [2.05, 4.69) is 75.3 Å². The Bertz CT molecular complexity index is 1300. The van der Waals surface area contributed by atoms with Crippen molar-refractivity contribution in [1.29, 1.82) is 0 Å². The van der Waals surface area contributed by atoms with E-state index in [0.29, 0.717) is 24.3 Å². The maximum Gasteiger partial charge on any atom is 0.263 e. The molecule has 2 aromatic carbocycles. The molecule has 1 aliphatic heterocycles. The maximum absolute atomic E-state index is 12.6. The minimum absolute atomic E-state index is 0.103. The summed E-state index contributed by atoms with van der Waals surface area (Å²) < 4.78 is 5.69.